The van der Waals surface area contributed by atoms with Gasteiger partial charge in [-0.15, -0.1) is 12.6 Å². The summed E-state index contributed by atoms with van der Waals surface area (Å²) in [5.74, 6) is 0.883. The fourth-order valence-corrected chi connectivity index (χ4v) is 5.01. The van der Waals surface area contributed by atoms with Crippen molar-refractivity contribution < 1.29 is 0 Å². The predicted molar refractivity (Wildman–Crippen MR) is 144 cm³/mol. The third-order valence-corrected chi connectivity index (χ3v) is 6.91. The van der Waals surface area contributed by atoms with E-state index < -0.39 is 0 Å². The number of thiol groups is 1. The van der Waals surface area contributed by atoms with Crippen molar-refractivity contribution in [1.29, 1.82) is 0 Å². The Morgan fingerprint density at radius 2 is 1.50 bits per heavy atom. The zero-order valence-corrected chi connectivity index (χ0v) is 19.9. The lowest BCUT2D eigenvalue weighted by Crippen LogP contribution is -1.99. The smallest absolute Gasteiger partial charge is 0.138 e. The maximum atomic E-state index is 5.13. The Kier molecular flexibility index (Phi) is 4.96. The Hall–Kier alpha value is -3.89. The number of aryl methyl sites for hydroxylation is 2. The first-order valence-corrected chi connectivity index (χ1v) is 11.8. The normalized spacial score (nSPS) is 11.4. The molecule has 0 aliphatic rings. The lowest BCUT2D eigenvalue weighted by Gasteiger charge is -2.12. The van der Waals surface area contributed by atoms with Crippen LogP contribution in [0.4, 0.5) is 0 Å². The van der Waals surface area contributed by atoms with Crippen LogP contribution in [-0.4, -0.2) is 14.5 Å². The fourth-order valence-electron chi connectivity index (χ4n) is 4.76. The fraction of sp³-hybridized carbons (Fsp3) is 0.0667. The summed E-state index contributed by atoms with van der Waals surface area (Å²) in [6.07, 6.45) is 1.83. The van der Waals surface area contributed by atoms with Gasteiger partial charge in [0.15, 0.2) is 0 Å². The van der Waals surface area contributed by atoms with Gasteiger partial charge >= 0.3 is 0 Å². The molecule has 0 spiro atoms. The number of para-hydroxylation sites is 1. The molecular formula is C30H23N3S. The van der Waals surface area contributed by atoms with Gasteiger partial charge in [-0.3, -0.25) is 9.55 Å². The molecule has 34 heavy (non-hydrogen) atoms. The van der Waals surface area contributed by atoms with Crippen molar-refractivity contribution in [3.63, 3.8) is 0 Å². The number of fused-ring (bicyclic) bond motifs is 3. The molecule has 0 radical (unpaired) electrons. The van der Waals surface area contributed by atoms with Crippen LogP contribution >= 0.6 is 12.6 Å². The van der Waals surface area contributed by atoms with Gasteiger partial charge in [0.05, 0.1) is 22.4 Å². The maximum Gasteiger partial charge on any atom is 0.138 e. The van der Waals surface area contributed by atoms with Crippen LogP contribution in [0.15, 0.2) is 102 Å². The Balaban J connectivity index is 1.62. The lowest BCUT2D eigenvalue weighted by molar-refractivity contribution is 1.08. The summed E-state index contributed by atoms with van der Waals surface area (Å²) >= 11 is 4.80. The molecule has 0 atom stereocenters. The minimum Gasteiger partial charge on any atom is -0.294 e. The zero-order valence-electron chi connectivity index (χ0n) is 19.0. The van der Waals surface area contributed by atoms with Gasteiger partial charge in [0.2, 0.25) is 0 Å². The lowest BCUT2D eigenvalue weighted by atomic mass is 10.0. The molecule has 6 rings (SSSR count). The average Bonchev–Trinajstić information content (AvgIpc) is 3.20. The monoisotopic (exact) mass is 457 g/mol. The number of aromatic nitrogens is 3. The van der Waals surface area contributed by atoms with Gasteiger partial charge in [0.1, 0.15) is 5.82 Å². The van der Waals surface area contributed by atoms with E-state index in [4.69, 9.17) is 17.6 Å². The van der Waals surface area contributed by atoms with Crippen LogP contribution < -0.4 is 0 Å². The van der Waals surface area contributed by atoms with E-state index in [1.54, 1.807) is 0 Å². The molecule has 6 aromatic rings. The topological polar surface area (TPSA) is 30.7 Å². The standard InChI is InChI=1S/C30H23N3S/c1-19-16-20(2)30(34)24(17-19)26-10-7-12-29(32-26)33-27-11-4-3-8-22(27)23-14-13-21(18-28(23)33)25-9-5-6-15-31-25/h3-18,34H,1-2H3. The largest absolute Gasteiger partial charge is 0.294 e. The first-order chi connectivity index (χ1) is 16.6. The summed E-state index contributed by atoms with van der Waals surface area (Å²) in [5, 5.41) is 2.40. The molecule has 3 aromatic carbocycles. The van der Waals surface area contributed by atoms with Crippen molar-refractivity contribution >= 4 is 34.4 Å². The van der Waals surface area contributed by atoms with Crippen molar-refractivity contribution in [3.05, 3.63) is 108 Å². The highest BCUT2D eigenvalue weighted by atomic mass is 32.1. The van der Waals surface area contributed by atoms with Crippen LogP contribution in [0.5, 0.6) is 0 Å². The molecule has 164 valence electrons. The Morgan fingerprint density at radius 1 is 0.706 bits per heavy atom. The van der Waals surface area contributed by atoms with E-state index in [9.17, 15) is 0 Å². The second-order valence-electron chi connectivity index (χ2n) is 8.66. The van der Waals surface area contributed by atoms with E-state index >= 15 is 0 Å². The highest BCUT2D eigenvalue weighted by Crippen LogP contribution is 2.35. The van der Waals surface area contributed by atoms with Gasteiger partial charge in [-0.25, -0.2) is 4.98 Å². The third kappa shape index (κ3) is 3.39. The number of benzene rings is 3. The number of pyridine rings is 2. The summed E-state index contributed by atoms with van der Waals surface area (Å²) in [5.41, 5.74) is 8.61. The molecule has 0 amide bonds. The van der Waals surface area contributed by atoms with E-state index in [0.29, 0.717) is 0 Å². The summed E-state index contributed by atoms with van der Waals surface area (Å²) < 4.78 is 2.25. The molecule has 0 aliphatic carbocycles. The van der Waals surface area contributed by atoms with E-state index in [0.717, 1.165) is 49.8 Å². The van der Waals surface area contributed by atoms with Gasteiger partial charge in [0, 0.05) is 33.0 Å². The van der Waals surface area contributed by atoms with Crippen molar-refractivity contribution in [1.82, 2.24) is 14.5 Å². The quantitative estimate of drug-likeness (QED) is 0.275. The van der Waals surface area contributed by atoms with Gasteiger partial charge in [0.25, 0.3) is 0 Å². The van der Waals surface area contributed by atoms with Crippen molar-refractivity contribution in [2.75, 3.05) is 0 Å². The maximum absolute atomic E-state index is 5.13. The van der Waals surface area contributed by atoms with E-state index in [2.05, 4.69) is 96.2 Å². The number of rotatable bonds is 3. The van der Waals surface area contributed by atoms with Gasteiger partial charge in [-0.2, -0.15) is 0 Å². The number of hydrogen-bond acceptors (Lipinski definition) is 3. The number of hydrogen-bond donors (Lipinski definition) is 1. The molecule has 0 fully saturated rings. The van der Waals surface area contributed by atoms with Gasteiger partial charge in [-0.1, -0.05) is 54.1 Å². The molecule has 0 saturated heterocycles. The molecular weight excluding hydrogens is 434 g/mol. The van der Waals surface area contributed by atoms with Gasteiger partial charge < -0.3 is 0 Å². The molecule has 3 aromatic heterocycles. The highest BCUT2D eigenvalue weighted by Gasteiger charge is 2.15. The summed E-state index contributed by atoms with van der Waals surface area (Å²) in [7, 11) is 0. The first kappa shape index (κ1) is 20.7. The average molecular weight is 458 g/mol. The molecule has 0 aliphatic heterocycles. The van der Waals surface area contributed by atoms with Crippen LogP contribution in [0, 0.1) is 13.8 Å². The van der Waals surface area contributed by atoms with Crippen molar-refractivity contribution in [3.8, 4) is 28.3 Å². The van der Waals surface area contributed by atoms with Crippen molar-refractivity contribution in [2.24, 2.45) is 0 Å². The first-order valence-electron chi connectivity index (χ1n) is 11.3. The molecule has 0 unspecified atom stereocenters. The molecule has 0 N–H and O–H groups in total. The molecule has 4 heteroatoms. The van der Waals surface area contributed by atoms with Crippen LogP contribution in [0.2, 0.25) is 0 Å². The Bertz CT molecular complexity index is 1680. The summed E-state index contributed by atoms with van der Waals surface area (Å²) in [6.45, 7) is 4.20. The van der Waals surface area contributed by atoms with Crippen LogP contribution in [0.3, 0.4) is 0 Å². The molecule has 3 heterocycles. The van der Waals surface area contributed by atoms with Crippen LogP contribution in [0.25, 0.3) is 50.1 Å². The molecule has 3 nitrogen and oxygen atoms in total. The minimum absolute atomic E-state index is 0.883. The minimum atomic E-state index is 0.883. The Labute approximate surface area is 204 Å². The van der Waals surface area contributed by atoms with Crippen LogP contribution in [0.1, 0.15) is 11.1 Å². The van der Waals surface area contributed by atoms with Gasteiger partial charge in [-0.05, 0) is 61.9 Å². The zero-order chi connectivity index (χ0) is 23.2. The molecule has 0 bridgehead atoms. The second-order valence-corrected chi connectivity index (χ2v) is 9.11. The van der Waals surface area contributed by atoms with Crippen LogP contribution in [-0.2, 0) is 0 Å². The molecule has 0 saturated carbocycles. The van der Waals surface area contributed by atoms with E-state index in [1.165, 1.54) is 16.3 Å². The highest BCUT2D eigenvalue weighted by molar-refractivity contribution is 7.80. The SMILES string of the molecule is Cc1cc(C)c(S)c(-c2cccc(-n3c4ccccc4c4ccc(-c5ccccn5)cc43)n2)c1. The predicted octanol–water partition coefficient (Wildman–Crippen LogP) is 7.81. The van der Waals surface area contributed by atoms with Crippen molar-refractivity contribution in [2.45, 2.75) is 18.7 Å². The second kappa shape index (κ2) is 8.15. The Morgan fingerprint density at radius 3 is 2.35 bits per heavy atom. The van der Waals surface area contributed by atoms with E-state index in [-0.39, 0.29) is 0 Å². The summed E-state index contributed by atoms with van der Waals surface area (Å²) in [4.78, 5) is 10.7. The number of nitrogens with zero attached hydrogens (tertiary/aromatic N) is 3. The van der Waals surface area contributed by atoms with E-state index in [1.807, 2.05) is 24.4 Å². The summed E-state index contributed by atoms with van der Waals surface area (Å²) in [6, 6.07) is 31.6. The third-order valence-electron chi connectivity index (χ3n) is 6.32.